The van der Waals surface area contributed by atoms with E-state index < -0.39 is 0 Å². The van der Waals surface area contributed by atoms with E-state index in [-0.39, 0.29) is 9.03 Å². The van der Waals surface area contributed by atoms with Gasteiger partial charge in [0, 0.05) is 0 Å². The molecule has 0 amide bonds. The lowest BCUT2D eigenvalue weighted by Gasteiger charge is -1.94. The first-order valence-electron chi connectivity index (χ1n) is 3.05. The summed E-state index contributed by atoms with van der Waals surface area (Å²) in [6.45, 7) is 2.03. The maximum Gasteiger partial charge on any atom is 0.275 e. The van der Waals surface area contributed by atoms with E-state index in [9.17, 15) is 0 Å². The van der Waals surface area contributed by atoms with E-state index in [0.717, 1.165) is 11.5 Å². The Hall–Kier alpha value is -0.750. The molecule has 1 atom stereocenters. The first-order valence-corrected chi connectivity index (χ1v) is 3.87. The summed E-state index contributed by atoms with van der Waals surface area (Å²) >= 11 is 0. The van der Waals surface area contributed by atoms with Crippen molar-refractivity contribution in [1.82, 2.24) is 0 Å². The zero-order chi connectivity index (χ0) is 6.97. The first-order chi connectivity index (χ1) is 4.86. The van der Waals surface area contributed by atoms with Crippen LogP contribution in [0.4, 0.5) is 0 Å². The van der Waals surface area contributed by atoms with Gasteiger partial charge in [-0.15, -0.1) is 0 Å². The van der Waals surface area contributed by atoms with E-state index in [4.69, 9.17) is 9.05 Å². The molecule has 0 spiro atoms. The van der Waals surface area contributed by atoms with Gasteiger partial charge in [-0.3, -0.25) is 0 Å². The minimum atomic E-state index is 0.143. The molecule has 0 N–H and O–H groups in total. The molecular weight excluding hydrogens is 147 g/mol. The largest absolute Gasteiger partial charge is 0.437 e. The van der Waals surface area contributed by atoms with Crippen LogP contribution in [0.3, 0.4) is 0 Å². The van der Waals surface area contributed by atoms with Crippen LogP contribution in [0.15, 0.2) is 18.2 Å². The van der Waals surface area contributed by atoms with E-state index in [0.29, 0.717) is 0 Å². The van der Waals surface area contributed by atoms with Crippen molar-refractivity contribution in [2.24, 2.45) is 0 Å². The fraction of sp³-hybridized carbons (Fsp3) is 0.143. The molecule has 0 aliphatic carbocycles. The zero-order valence-corrected chi connectivity index (χ0v) is 6.55. The summed E-state index contributed by atoms with van der Waals surface area (Å²) in [5, 5.41) is 0. The molecule has 3 heteroatoms. The highest BCUT2D eigenvalue weighted by Crippen LogP contribution is 2.41. The molecule has 0 aromatic heterocycles. The third-order valence-corrected chi connectivity index (χ3v) is 2.01. The topological polar surface area (TPSA) is 18.5 Å². The molecule has 10 heavy (non-hydrogen) atoms. The number of aryl methyl sites for hydroxylation is 1. The van der Waals surface area contributed by atoms with Crippen molar-refractivity contribution >= 4 is 9.03 Å². The Morgan fingerprint density at radius 1 is 1.20 bits per heavy atom. The third-order valence-electron chi connectivity index (χ3n) is 1.40. The van der Waals surface area contributed by atoms with Crippen molar-refractivity contribution in [3.63, 3.8) is 0 Å². The highest BCUT2D eigenvalue weighted by molar-refractivity contribution is 7.27. The Morgan fingerprint density at radius 2 is 2.00 bits per heavy atom. The molecule has 2 nitrogen and oxygen atoms in total. The van der Waals surface area contributed by atoms with Gasteiger partial charge in [0.15, 0.2) is 11.5 Å². The molecule has 0 saturated carbocycles. The van der Waals surface area contributed by atoms with Crippen LogP contribution in [0.2, 0.25) is 0 Å². The number of benzene rings is 1. The van der Waals surface area contributed by atoms with E-state index in [1.807, 2.05) is 25.1 Å². The van der Waals surface area contributed by atoms with Crippen LogP contribution in [0.1, 0.15) is 5.56 Å². The molecule has 1 aliphatic heterocycles. The lowest BCUT2D eigenvalue weighted by molar-refractivity contribution is 0.603. The Bertz CT molecular complexity index is 260. The molecule has 1 heterocycles. The smallest absolute Gasteiger partial charge is 0.275 e. The van der Waals surface area contributed by atoms with E-state index in [1.165, 1.54) is 5.56 Å². The minimum absolute atomic E-state index is 0.143. The van der Waals surface area contributed by atoms with Gasteiger partial charge in [0.1, 0.15) is 0 Å². The lowest BCUT2D eigenvalue weighted by Crippen LogP contribution is -1.72. The molecule has 1 aromatic rings. The normalized spacial score (nSPS) is 16.1. The van der Waals surface area contributed by atoms with Crippen LogP contribution >= 0.6 is 9.03 Å². The number of rotatable bonds is 0. The van der Waals surface area contributed by atoms with Gasteiger partial charge >= 0.3 is 0 Å². The van der Waals surface area contributed by atoms with Crippen LogP contribution in [0.25, 0.3) is 0 Å². The van der Waals surface area contributed by atoms with Crippen molar-refractivity contribution in [3.05, 3.63) is 23.8 Å². The first kappa shape index (κ1) is 5.99. The predicted molar refractivity (Wildman–Crippen MR) is 40.8 cm³/mol. The summed E-state index contributed by atoms with van der Waals surface area (Å²) in [6, 6.07) is 5.93. The molecule has 1 aromatic carbocycles. The average molecular weight is 154 g/mol. The summed E-state index contributed by atoms with van der Waals surface area (Å²) < 4.78 is 10.3. The van der Waals surface area contributed by atoms with Crippen LogP contribution in [0, 0.1) is 6.92 Å². The molecule has 0 bridgehead atoms. The van der Waals surface area contributed by atoms with Crippen LogP contribution < -0.4 is 9.05 Å². The van der Waals surface area contributed by atoms with Crippen molar-refractivity contribution in [2.45, 2.75) is 6.92 Å². The summed E-state index contributed by atoms with van der Waals surface area (Å²) in [6.07, 6.45) is 0. The highest BCUT2D eigenvalue weighted by Gasteiger charge is 2.12. The Kier molecular flexibility index (Phi) is 1.28. The summed E-state index contributed by atoms with van der Waals surface area (Å²) in [4.78, 5) is 0. The van der Waals surface area contributed by atoms with Crippen LogP contribution in [-0.2, 0) is 0 Å². The molecule has 0 radical (unpaired) electrons. The van der Waals surface area contributed by atoms with E-state index in [2.05, 4.69) is 0 Å². The second-order valence-corrected chi connectivity index (χ2v) is 2.81. The number of hydrogen-bond donors (Lipinski definition) is 0. The maximum atomic E-state index is 5.18. The second-order valence-electron chi connectivity index (χ2n) is 2.24. The summed E-state index contributed by atoms with van der Waals surface area (Å²) in [5.74, 6) is 1.74. The van der Waals surface area contributed by atoms with Gasteiger partial charge in [0.2, 0.25) is 0 Å². The quantitative estimate of drug-likeness (QED) is 0.533. The van der Waals surface area contributed by atoms with Gasteiger partial charge in [0.05, 0.1) is 0 Å². The van der Waals surface area contributed by atoms with Crippen molar-refractivity contribution in [2.75, 3.05) is 0 Å². The fourth-order valence-corrected chi connectivity index (χ4v) is 1.44. The molecule has 0 fully saturated rings. The average Bonchev–Trinajstić information content (AvgIpc) is 2.33. The molecular formula is C7H7O2P. The second kappa shape index (κ2) is 2.14. The van der Waals surface area contributed by atoms with Crippen LogP contribution in [0.5, 0.6) is 11.5 Å². The van der Waals surface area contributed by atoms with Gasteiger partial charge in [0.25, 0.3) is 9.03 Å². The highest BCUT2D eigenvalue weighted by atomic mass is 31.1. The molecule has 0 saturated heterocycles. The van der Waals surface area contributed by atoms with Gasteiger partial charge in [-0.1, -0.05) is 6.07 Å². The van der Waals surface area contributed by atoms with Crippen LogP contribution in [-0.4, -0.2) is 0 Å². The van der Waals surface area contributed by atoms with Crippen molar-refractivity contribution < 1.29 is 9.05 Å². The monoisotopic (exact) mass is 154 g/mol. The minimum Gasteiger partial charge on any atom is -0.437 e. The van der Waals surface area contributed by atoms with Gasteiger partial charge < -0.3 is 9.05 Å². The van der Waals surface area contributed by atoms with Crippen molar-refractivity contribution in [3.8, 4) is 11.5 Å². The third kappa shape index (κ3) is 0.850. The summed E-state index contributed by atoms with van der Waals surface area (Å²) in [7, 11) is 0.143. The van der Waals surface area contributed by atoms with E-state index >= 15 is 0 Å². The number of hydrogen-bond acceptors (Lipinski definition) is 2. The molecule has 1 aliphatic rings. The summed E-state index contributed by atoms with van der Waals surface area (Å²) in [5.41, 5.74) is 1.20. The van der Waals surface area contributed by atoms with E-state index in [1.54, 1.807) is 0 Å². The molecule has 2 rings (SSSR count). The SMILES string of the molecule is Cc1ccc2c(c1)OPO2. The van der Waals surface area contributed by atoms with Gasteiger partial charge in [-0.05, 0) is 24.6 Å². The van der Waals surface area contributed by atoms with Crippen molar-refractivity contribution in [1.29, 1.82) is 0 Å². The Balaban J connectivity index is 2.52. The van der Waals surface area contributed by atoms with Gasteiger partial charge in [-0.25, -0.2) is 0 Å². The fourth-order valence-electron chi connectivity index (χ4n) is 0.890. The predicted octanol–water partition coefficient (Wildman–Crippen LogP) is 2.27. The lowest BCUT2D eigenvalue weighted by atomic mass is 10.2. The zero-order valence-electron chi connectivity index (χ0n) is 5.55. The van der Waals surface area contributed by atoms with Gasteiger partial charge in [-0.2, -0.15) is 0 Å². The molecule has 52 valence electrons. The maximum absolute atomic E-state index is 5.18. The Labute approximate surface area is 61.1 Å². The number of fused-ring (bicyclic) bond motifs is 1. The Morgan fingerprint density at radius 3 is 2.90 bits per heavy atom. The standard InChI is InChI=1S/C7H7O2P/c1-5-2-3-6-7(4-5)9-10-8-6/h2-4,10H,1H3. The molecule has 1 unspecified atom stereocenters.